The van der Waals surface area contributed by atoms with Gasteiger partial charge in [0.15, 0.2) is 0 Å². The van der Waals surface area contributed by atoms with Crippen LogP contribution in [0.25, 0.3) is 0 Å². The lowest BCUT2D eigenvalue weighted by Crippen LogP contribution is -2.19. The van der Waals surface area contributed by atoms with Crippen LogP contribution < -0.4 is 10.2 Å². The minimum Gasteiger partial charge on any atom is -0.369 e. The Morgan fingerprint density at radius 2 is 2.00 bits per heavy atom. The fourth-order valence-electron chi connectivity index (χ4n) is 2.14. The van der Waals surface area contributed by atoms with Crippen molar-refractivity contribution < 1.29 is 13.2 Å². The Balaban J connectivity index is 2.28. The first-order valence-electron chi connectivity index (χ1n) is 6.50. The van der Waals surface area contributed by atoms with Crippen molar-refractivity contribution in [2.24, 2.45) is 0 Å². The van der Waals surface area contributed by atoms with Crippen LogP contribution in [0.15, 0.2) is 35.7 Å². The number of thiophene rings is 1. The van der Waals surface area contributed by atoms with Crippen molar-refractivity contribution in [3.63, 3.8) is 0 Å². The average molecular weight is 314 g/mol. The highest BCUT2D eigenvalue weighted by molar-refractivity contribution is 7.09. The topological polar surface area (TPSA) is 15.3 Å². The maximum absolute atomic E-state index is 13.1. The summed E-state index contributed by atoms with van der Waals surface area (Å²) < 4.78 is 39.4. The summed E-state index contributed by atoms with van der Waals surface area (Å²) in [5.41, 5.74) is 0.251. The van der Waals surface area contributed by atoms with E-state index in [-0.39, 0.29) is 12.1 Å². The third-order valence-electron chi connectivity index (χ3n) is 3.18. The first kappa shape index (κ1) is 15.9. The van der Waals surface area contributed by atoms with E-state index in [1.807, 2.05) is 22.4 Å². The third-order valence-corrected chi connectivity index (χ3v) is 4.04. The average Bonchev–Trinajstić information content (AvgIpc) is 2.91. The van der Waals surface area contributed by atoms with Gasteiger partial charge in [0.1, 0.15) is 0 Å². The minimum atomic E-state index is -4.34. The molecule has 1 N–H and O–H groups in total. The lowest BCUT2D eigenvalue weighted by atomic mass is 10.1. The molecule has 0 aliphatic rings. The molecule has 2 rings (SSSR count). The molecule has 1 aromatic carbocycles. The van der Waals surface area contributed by atoms with Crippen molar-refractivity contribution in [1.82, 2.24) is 5.32 Å². The number of rotatable bonds is 5. The first-order chi connectivity index (χ1) is 9.91. The number of benzene rings is 1. The molecule has 0 fully saturated rings. The highest BCUT2D eigenvalue weighted by Gasteiger charge is 2.33. The van der Waals surface area contributed by atoms with E-state index in [2.05, 4.69) is 5.32 Å². The number of hydrogen-bond donors (Lipinski definition) is 1. The Kier molecular flexibility index (Phi) is 4.90. The molecule has 0 saturated carbocycles. The molecule has 1 aromatic heterocycles. The van der Waals surface area contributed by atoms with Gasteiger partial charge in [-0.1, -0.05) is 12.1 Å². The molecule has 2 aromatic rings. The first-order valence-corrected chi connectivity index (χ1v) is 7.38. The molecule has 114 valence electrons. The van der Waals surface area contributed by atoms with Gasteiger partial charge in [0.2, 0.25) is 0 Å². The molecule has 21 heavy (non-hydrogen) atoms. The van der Waals surface area contributed by atoms with Gasteiger partial charge in [0.05, 0.1) is 12.1 Å². The van der Waals surface area contributed by atoms with Crippen LogP contribution in [0, 0.1) is 0 Å². The van der Waals surface area contributed by atoms with Gasteiger partial charge in [0, 0.05) is 24.2 Å². The van der Waals surface area contributed by atoms with Gasteiger partial charge in [-0.15, -0.1) is 11.3 Å². The Labute approximate surface area is 126 Å². The quantitative estimate of drug-likeness (QED) is 0.893. The van der Waals surface area contributed by atoms with E-state index in [0.717, 1.165) is 4.88 Å². The van der Waals surface area contributed by atoms with Crippen LogP contribution in [0.2, 0.25) is 0 Å². The second-order valence-electron chi connectivity index (χ2n) is 4.80. The second kappa shape index (κ2) is 6.49. The molecule has 0 saturated heterocycles. The SMILES string of the molecule is CNCc1ccc(N(C)Cc2cccs2)cc1C(F)(F)F. The van der Waals surface area contributed by atoms with Crippen molar-refractivity contribution >= 4 is 17.0 Å². The molecule has 0 aliphatic heterocycles. The zero-order chi connectivity index (χ0) is 15.5. The van der Waals surface area contributed by atoms with Crippen molar-refractivity contribution in [3.8, 4) is 0 Å². The van der Waals surface area contributed by atoms with E-state index in [9.17, 15) is 13.2 Å². The largest absolute Gasteiger partial charge is 0.416 e. The van der Waals surface area contributed by atoms with Gasteiger partial charge in [-0.05, 0) is 36.2 Å². The normalized spacial score (nSPS) is 11.7. The molecule has 0 aliphatic carbocycles. The van der Waals surface area contributed by atoms with Gasteiger partial charge in [-0.25, -0.2) is 0 Å². The van der Waals surface area contributed by atoms with E-state index >= 15 is 0 Å². The predicted molar refractivity (Wildman–Crippen MR) is 80.6 cm³/mol. The highest BCUT2D eigenvalue weighted by Crippen LogP contribution is 2.34. The van der Waals surface area contributed by atoms with E-state index in [1.165, 1.54) is 6.07 Å². The molecular formula is C15H17F3N2S. The van der Waals surface area contributed by atoms with Gasteiger partial charge in [-0.2, -0.15) is 13.2 Å². The van der Waals surface area contributed by atoms with E-state index in [1.54, 1.807) is 37.6 Å². The van der Waals surface area contributed by atoms with Crippen LogP contribution in [-0.2, 0) is 19.3 Å². The summed E-state index contributed by atoms with van der Waals surface area (Å²) in [4.78, 5) is 2.94. The van der Waals surface area contributed by atoms with Gasteiger partial charge < -0.3 is 10.2 Å². The fourth-order valence-corrected chi connectivity index (χ4v) is 2.90. The monoisotopic (exact) mass is 314 g/mol. The van der Waals surface area contributed by atoms with Crippen LogP contribution in [0.4, 0.5) is 18.9 Å². The van der Waals surface area contributed by atoms with Gasteiger partial charge >= 0.3 is 6.18 Å². The zero-order valence-corrected chi connectivity index (χ0v) is 12.7. The lowest BCUT2D eigenvalue weighted by Gasteiger charge is -2.21. The van der Waals surface area contributed by atoms with Crippen LogP contribution in [-0.4, -0.2) is 14.1 Å². The number of nitrogens with zero attached hydrogens (tertiary/aromatic N) is 1. The summed E-state index contributed by atoms with van der Waals surface area (Å²) in [5, 5.41) is 4.73. The molecule has 0 spiro atoms. The minimum absolute atomic E-state index is 0.198. The van der Waals surface area contributed by atoms with Gasteiger partial charge in [-0.3, -0.25) is 0 Å². The van der Waals surface area contributed by atoms with Crippen LogP contribution in [0.1, 0.15) is 16.0 Å². The molecule has 0 atom stereocenters. The summed E-state index contributed by atoms with van der Waals surface area (Å²) in [5.74, 6) is 0. The summed E-state index contributed by atoms with van der Waals surface area (Å²) in [6.45, 7) is 0.796. The maximum atomic E-state index is 13.1. The van der Waals surface area contributed by atoms with Crippen LogP contribution >= 0.6 is 11.3 Å². The summed E-state index contributed by atoms with van der Waals surface area (Å²) in [6, 6.07) is 8.40. The maximum Gasteiger partial charge on any atom is 0.416 e. The summed E-state index contributed by atoms with van der Waals surface area (Å²) in [6.07, 6.45) is -4.34. The second-order valence-corrected chi connectivity index (χ2v) is 5.84. The summed E-state index contributed by atoms with van der Waals surface area (Å²) in [7, 11) is 3.43. The van der Waals surface area contributed by atoms with E-state index < -0.39 is 11.7 Å². The van der Waals surface area contributed by atoms with Crippen molar-refractivity contribution in [1.29, 1.82) is 0 Å². The third kappa shape index (κ3) is 3.98. The molecule has 1 heterocycles. The number of nitrogens with one attached hydrogen (secondary N) is 1. The Bertz CT molecular complexity index is 579. The molecule has 0 unspecified atom stereocenters. The molecule has 2 nitrogen and oxygen atoms in total. The fraction of sp³-hybridized carbons (Fsp3) is 0.333. The number of halogens is 3. The lowest BCUT2D eigenvalue weighted by molar-refractivity contribution is -0.138. The number of alkyl halides is 3. The van der Waals surface area contributed by atoms with Gasteiger partial charge in [0.25, 0.3) is 0 Å². The Morgan fingerprint density at radius 1 is 1.24 bits per heavy atom. The van der Waals surface area contributed by atoms with Crippen molar-refractivity contribution in [2.75, 3.05) is 19.0 Å². The predicted octanol–water partition coefficient (Wildman–Crippen LogP) is 4.12. The Morgan fingerprint density at radius 3 is 2.57 bits per heavy atom. The number of hydrogen-bond acceptors (Lipinski definition) is 3. The molecule has 6 heteroatoms. The molecule has 0 radical (unpaired) electrons. The highest BCUT2D eigenvalue weighted by atomic mass is 32.1. The molecule has 0 amide bonds. The van der Waals surface area contributed by atoms with Crippen LogP contribution in [0.3, 0.4) is 0 Å². The Hall–Kier alpha value is -1.53. The van der Waals surface area contributed by atoms with E-state index in [4.69, 9.17) is 0 Å². The standard InChI is InChI=1S/C15H17F3N2S/c1-19-9-11-5-6-12(8-14(11)15(16,17)18)20(2)10-13-4-3-7-21-13/h3-8,19H,9-10H2,1-2H3. The van der Waals surface area contributed by atoms with Crippen molar-refractivity contribution in [2.45, 2.75) is 19.3 Å². The zero-order valence-electron chi connectivity index (χ0n) is 11.9. The van der Waals surface area contributed by atoms with Crippen LogP contribution in [0.5, 0.6) is 0 Å². The number of anilines is 1. The molecule has 0 bridgehead atoms. The smallest absolute Gasteiger partial charge is 0.369 e. The summed E-state index contributed by atoms with van der Waals surface area (Å²) >= 11 is 1.59. The van der Waals surface area contributed by atoms with Crippen molar-refractivity contribution in [3.05, 3.63) is 51.7 Å². The van der Waals surface area contributed by atoms with E-state index in [0.29, 0.717) is 12.2 Å². The molecular weight excluding hydrogens is 297 g/mol.